The maximum Gasteiger partial charge on any atom is 0.227 e. The summed E-state index contributed by atoms with van der Waals surface area (Å²) < 4.78 is 19.5. The Kier molecular flexibility index (Phi) is 5.33. The zero-order valence-corrected chi connectivity index (χ0v) is 23.1. The second-order valence-corrected chi connectivity index (χ2v) is 10.4. The van der Waals surface area contributed by atoms with E-state index in [9.17, 15) is 0 Å². The molecule has 0 saturated heterocycles. The Hall–Kier alpha value is -6.28. The van der Waals surface area contributed by atoms with Crippen molar-refractivity contribution in [2.24, 2.45) is 0 Å². The number of hydrogen-bond donors (Lipinski definition) is 0. The molecule has 0 N–H and O–H groups in total. The van der Waals surface area contributed by atoms with Crippen LogP contribution in [0.4, 0.5) is 0 Å². The normalized spacial score (nSPS) is 11.6. The van der Waals surface area contributed by atoms with Crippen LogP contribution in [0.3, 0.4) is 0 Å². The Bertz CT molecular complexity index is 2400. The minimum Gasteiger partial charge on any atom is -0.445 e. The molecule has 44 heavy (non-hydrogen) atoms. The third-order valence-corrected chi connectivity index (χ3v) is 7.83. The first kappa shape index (κ1) is 24.3. The summed E-state index contributed by atoms with van der Waals surface area (Å²) in [5, 5.41) is 2.17. The van der Waals surface area contributed by atoms with E-state index in [-0.39, 0.29) is 0 Å². The van der Waals surface area contributed by atoms with Crippen LogP contribution in [-0.4, -0.2) is 24.5 Å². The average Bonchev–Trinajstić information content (AvgIpc) is 3.90. The fourth-order valence-corrected chi connectivity index (χ4v) is 5.79. The molecule has 0 bridgehead atoms. The second kappa shape index (κ2) is 9.64. The molecule has 5 aromatic heterocycles. The van der Waals surface area contributed by atoms with Crippen molar-refractivity contribution < 1.29 is 13.3 Å². The van der Waals surface area contributed by atoms with Crippen molar-refractivity contribution in [1.29, 1.82) is 0 Å². The summed E-state index contributed by atoms with van der Waals surface area (Å²) in [7, 11) is 0. The fourth-order valence-electron chi connectivity index (χ4n) is 5.79. The predicted octanol–water partition coefficient (Wildman–Crippen LogP) is 8.96. The fraction of sp³-hybridized carbons (Fsp3) is 0. The largest absolute Gasteiger partial charge is 0.445 e. The predicted molar refractivity (Wildman–Crippen MR) is 168 cm³/mol. The van der Waals surface area contributed by atoms with Crippen LogP contribution in [0.2, 0.25) is 0 Å². The number of aromatic nitrogens is 5. The minimum atomic E-state index is 0.543. The van der Waals surface area contributed by atoms with E-state index in [0.717, 1.165) is 66.5 Å². The lowest BCUT2D eigenvalue weighted by Crippen LogP contribution is -1.95. The average molecular weight is 572 g/mol. The van der Waals surface area contributed by atoms with E-state index < -0.39 is 0 Å². The third-order valence-electron chi connectivity index (χ3n) is 7.83. The number of rotatable bonds is 5. The van der Waals surface area contributed by atoms with Gasteiger partial charge in [0.25, 0.3) is 0 Å². The van der Waals surface area contributed by atoms with Gasteiger partial charge in [-0.25, -0.2) is 15.0 Å². The molecule has 4 aromatic carbocycles. The molecule has 9 rings (SSSR count). The van der Waals surface area contributed by atoms with Crippen LogP contribution in [0.1, 0.15) is 0 Å². The Morgan fingerprint density at radius 3 is 2.14 bits per heavy atom. The van der Waals surface area contributed by atoms with Gasteiger partial charge in [0, 0.05) is 39.3 Å². The topological polar surface area (TPSA) is 95.9 Å². The van der Waals surface area contributed by atoms with Crippen LogP contribution in [0, 0.1) is 0 Å². The van der Waals surface area contributed by atoms with Gasteiger partial charge in [-0.3, -0.25) is 4.98 Å². The van der Waals surface area contributed by atoms with Crippen molar-refractivity contribution >= 4 is 32.9 Å². The number of benzene rings is 4. The minimum absolute atomic E-state index is 0.543. The molecule has 0 unspecified atom stereocenters. The van der Waals surface area contributed by atoms with E-state index in [1.807, 2.05) is 42.5 Å². The molecule has 0 atom stereocenters. The number of nitrogens with zero attached hydrogens (tertiary/aromatic N) is 5. The third kappa shape index (κ3) is 3.93. The second-order valence-electron chi connectivity index (χ2n) is 10.4. The molecule has 0 amide bonds. The van der Waals surface area contributed by atoms with Gasteiger partial charge in [0.15, 0.2) is 5.58 Å². The Morgan fingerprint density at radius 1 is 0.545 bits per heavy atom. The molecule has 8 nitrogen and oxygen atoms in total. The van der Waals surface area contributed by atoms with Gasteiger partial charge >= 0.3 is 0 Å². The lowest BCUT2D eigenvalue weighted by atomic mass is 10.1. The summed E-state index contributed by atoms with van der Waals surface area (Å²) in [5.41, 5.74) is 9.12. The lowest BCUT2D eigenvalue weighted by molar-refractivity contribution is 0.574. The summed E-state index contributed by atoms with van der Waals surface area (Å²) in [4.78, 5) is 18.1. The highest BCUT2D eigenvalue weighted by Gasteiger charge is 2.18. The molecule has 208 valence electrons. The summed E-state index contributed by atoms with van der Waals surface area (Å²) in [5.74, 6) is 1.70. The van der Waals surface area contributed by atoms with Gasteiger partial charge in [-0.1, -0.05) is 30.3 Å². The Balaban J connectivity index is 1.23. The maximum atomic E-state index is 6.14. The highest BCUT2D eigenvalue weighted by Crippen LogP contribution is 2.38. The summed E-state index contributed by atoms with van der Waals surface area (Å²) in [6.07, 6.45) is 8.22. The van der Waals surface area contributed by atoms with Crippen molar-refractivity contribution in [3.8, 4) is 51.3 Å². The van der Waals surface area contributed by atoms with Gasteiger partial charge in [-0.2, -0.15) is 0 Å². The van der Waals surface area contributed by atoms with Crippen LogP contribution in [0.15, 0.2) is 141 Å². The molecule has 9 aromatic rings. The molecule has 5 heterocycles. The Morgan fingerprint density at radius 2 is 1.34 bits per heavy atom. The van der Waals surface area contributed by atoms with Crippen molar-refractivity contribution in [1.82, 2.24) is 24.5 Å². The van der Waals surface area contributed by atoms with Crippen molar-refractivity contribution in [2.75, 3.05) is 0 Å². The first-order valence-electron chi connectivity index (χ1n) is 14.1. The van der Waals surface area contributed by atoms with Crippen molar-refractivity contribution in [3.63, 3.8) is 0 Å². The van der Waals surface area contributed by atoms with Crippen molar-refractivity contribution in [3.05, 3.63) is 128 Å². The van der Waals surface area contributed by atoms with Crippen LogP contribution >= 0.6 is 0 Å². The maximum absolute atomic E-state index is 6.14. The van der Waals surface area contributed by atoms with Gasteiger partial charge in [-0.15, -0.1) is 0 Å². The molecule has 8 heteroatoms. The van der Waals surface area contributed by atoms with E-state index in [0.29, 0.717) is 17.7 Å². The summed E-state index contributed by atoms with van der Waals surface area (Å²) in [6, 6.07) is 32.8. The first-order valence-corrected chi connectivity index (χ1v) is 14.1. The number of para-hydroxylation sites is 2. The molecular weight excluding hydrogens is 550 g/mol. The standard InChI is InChI=1S/C36H21N5O3/c1-2-7-33-30(6-1)40-36(44-33)24-8-11-27-28-19-23(34-37-14-16-42-34)10-13-31(28)41(32(27)20-24)26-5-3-4-22(18-26)29-12-9-25(21-39-29)35-38-15-17-43-35/h1-21H. The number of hydrogen-bond acceptors (Lipinski definition) is 7. The zero-order valence-electron chi connectivity index (χ0n) is 23.1. The molecule has 0 spiro atoms. The monoisotopic (exact) mass is 571 g/mol. The smallest absolute Gasteiger partial charge is 0.227 e. The highest BCUT2D eigenvalue weighted by molar-refractivity contribution is 6.11. The number of oxazole rings is 3. The number of fused-ring (bicyclic) bond motifs is 4. The zero-order chi connectivity index (χ0) is 29.0. The number of pyridine rings is 1. The van der Waals surface area contributed by atoms with Gasteiger partial charge in [0.05, 0.1) is 34.7 Å². The summed E-state index contributed by atoms with van der Waals surface area (Å²) in [6.45, 7) is 0. The molecule has 0 fully saturated rings. The lowest BCUT2D eigenvalue weighted by Gasteiger charge is -2.11. The van der Waals surface area contributed by atoms with Gasteiger partial charge < -0.3 is 17.8 Å². The highest BCUT2D eigenvalue weighted by atomic mass is 16.4. The van der Waals surface area contributed by atoms with Gasteiger partial charge in [-0.05, 0) is 66.7 Å². The molecular formula is C36H21N5O3. The Labute approximate surface area is 249 Å². The van der Waals surface area contributed by atoms with E-state index in [1.54, 1.807) is 31.1 Å². The van der Waals surface area contributed by atoms with E-state index in [4.69, 9.17) is 23.2 Å². The molecule has 0 saturated carbocycles. The molecule has 0 aliphatic rings. The quantitative estimate of drug-likeness (QED) is 0.203. The van der Waals surface area contributed by atoms with Gasteiger partial charge in [0.2, 0.25) is 17.7 Å². The van der Waals surface area contributed by atoms with E-state index in [1.165, 1.54) is 0 Å². The molecule has 0 radical (unpaired) electrons. The van der Waals surface area contributed by atoms with Crippen LogP contribution in [0.5, 0.6) is 0 Å². The summed E-state index contributed by atoms with van der Waals surface area (Å²) >= 11 is 0. The molecule has 0 aliphatic heterocycles. The first-order chi connectivity index (χ1) is 21.8. The van der Waals surface area contributed by atoms with Crippen LogP contribution in [0.25, 0.3) is 84.2 Å². The van der Waals surface area contributed by atoms with Gasteiger partial charge in [0.1, 0.15) is 18.0 Å². The van der Waals surface area contributed by atoms with Crippen LogP contribution < -0.4 is 0 Å². The van der Waals surface area contributed by atoms with E-state index >= 15 is 0 Å². The van der Waals surface area contributed by atoms with E-state index in [2.05, 4.69) is 69.1 Å². The molecule has 0 aliphatic carbocycles. The van der Waals surface area contributed by atoms with Crippen molar-refractivity contribution in [2.45, 2.75) is 0 Å². The SMILES string of the molecule is c1cc(-c2ccc(-c3ncco3)cn2)cc(-n2c3ccc(-c4ncco4)cc3c3ccc(-c4nc5ccccc5o4)cc32)c1. The van der Waals surface area contributed by atoms with Crippen LogP contribution in [-0.2, 0) is 0 Å².